The van der Waals surface area contributed by atoms with Gasteiger partial charge in [-0.15, -0.1) is 53.6 Å². The minimum Gasteiger partial charge on any atom is -0.333 e. The molecular formula is C49H44IrN4SSi-2. The number of thiophene rings is 1. The number of nitrogens with zero attached hydrogens (tertiary/aromatic N) is 4. The summed E-state index contributed by atoms with van der Waals surface area (Å²) >= 11 is 1.72. The Morgan fingerprint density at radius 2 is 1.59 bits per heavy atom. The number of imidazole rings is 1. The van der Waals surface area contributed by atoms with Crippen molar-refractivity contribution in [2.45, 2.75) is 53.2 Å². The van der Waals surface area contributed by atoms with Gasteiger partial charge in [0, 0.05) is 43.2 Å². The first-order chi connectivity index (χ1) is 28.1. The molecule has 281 valence electrons. The molecule has 0 saturated carbocycles. The molecule has 4 aromatic heterocycles. The third-order valence-corrected chi connectivity index (χ3v) is 12.9. The second-order valence-corrected chi connectivity index (χ2v) is 21.1. The van der Waals surface area contributed by atoms with Crippen LogP contribution in [0.1, 0.15) is 42.0 Å². The summed E-state index contributed by atoms with van der Waals surface area (Å²) in [6, 6.07) is 49.2. The van der Waals surface area contributed by atoms with Crippen LogP contribution in [0.4, 0.5) is 0 Å². The summed E-state index contributed by atoms with van der Waals surface area (Å²) in [5.74, 6) is 0.177. The number of hydrogen-bond acceptors (Lipinski definition) is 4. The zero-order valence-corrected chi connectivity index (χ0v) is 36.4. The molecule has 4 nitrogen and oxygen atoms in total. The van der Waals surface area contributed by atoms with E-state index in [-0.39, 0.29) is 25.7 Å². The number of fused-ring (bicyclic) bond motifs is 4. The van der Waals surface area contributed by atoms with Crippen molar-refractivity contribution in [2.75, 3.05) is 0 Å². The minimum atomic E-state index is -2.13. The van der Waals surface area contributed by atoms with Crippen LogP contribution in [0.2, 0.25) is 19.6 Å². The summed E-state index contributed by atoms with van der Waals surface area (Å²) in [5, 5.41) is 3.56. The maximum atomic E-state index is 8.48. The van der Waals surface area contributed by atoms with Gasteiger partial charge in [-0.1, -0.05) is 124 Å². The average molecular weight is 945 g/mol. The number of para-hydroxylation sites is 2. The molecular weight excluding hydrogens is 897 g/mol. The number of benzene rings is 5. The Hall–Kier alpha value is -5.04. The van der Waals surface area contributed by atoms with Crippen molar-refractivity contribution in [3.63, 3.8) is 0 Å². The number of aryl methyl sites for hydroxylation is 2. The number of hydrogen-bond donors (Lipinski definition) is 0. The van der Waals surface area contributed by atoms with Crippen molar-refractivity contribution in [2.24, 2.45) is 0 Å². The number of pyridine rings is 2. The average Bonchev–Trinajstić information content (AvgIpc) is 3.79. The van der Waals surface area contributed by atoms with Crippen LogP contribution in [0.3, 0.4) is 0 Å². The quantitative estimate of drug-likeness (QED) is 0.123. The maximum absolute atomic E-state index is 8.48. The molecule has 0 unspecified atom stereocenters. The fourth-order valence-electron chi connectivity index (χ4n) is 6.99. The first-order valence-corrected chi connectivity index (χ1v) is 22.8. The molecule has 0 aliphatic rings. The normalized spacial score (nSPS) is 13.0. The summed E-state index contributed by atoms with van der Waals surface area (Å²) in [6.45, 7) is 10.4. The van der Waals surface area contributed by atoms with Crippen molar-refractivity contribution in [3.05, 3.63) is 163 Å². The molecule has 5 aromatic carbocycles. The minimum absolute atomic E-state index is 0. The Balaban J connectivity index is 0.000000193. The van der Waals surface area contributed by atoms with Gasteiger partial charge in [-0.2, -0.15) is 11.3 Å². The second-order valence-electron chi connectivity index (χ2n) is 15.0. The van der Waals surface area contributed by atoms with Crippen molar-refractivity contribution in [3.8, 4) is 39.5 Å². The third-order valence-electron chi connectivity index (χ3n) is 9.77. The van der Waals surface area contributed by atoms with E-state index < -0.39 is 20.8 Å². The van der Waals surface area contributed by atoms with E-state index >= 15 is 0 Å². The van der Waals surface area contributed by atoms with Crippen LogP contribution in [-0.2, 0) is 20.1 Å². The molecule has 9 aromatic rings. The van der Waals surface area contributed by atoms with Crippen molar-refractivity contribution in [1.29, 1.82) is 0 Å². The molecule has 9 rings (SSSR count). The molecule has 0 saturated heterocycles. The van der Waals surface area contributed by atoms with Crippen molar-refractivity contribution >= 4 is 55.9 Å². The first-order valence-electron chi connectivity index (χ1n) is 20.4. The second kappa shape index (κ2) is 16.2. The maximum Gasteiger partial charge on any atom is 0.113 e. The molecule has 0 bridgehead atoms. The monoisotopic (exact) mass is 945 g/mol. The predicted molar refractivity (Wildman–Crippen MR) is 237 cm³/mol. The van der Waals surface area contributed by atoms with E-state index in [0.29, 0.717) is 0 Å². The largest absolute Gasteiger partial charge is 0.333 e. The summed E-state index contributed by atoms with van der Waals surface area (Å²) in [7, 11) is -1.61. The van der Waals surface area contributed by atoms with Gasteiger partial charge in [-0.3, -0.25) is 4.98 Å². The van der Waals surface area contributed by atoms with Gasteiger partial charge >= 0.3 is 0 Å². The molecule has 0 amide bonds. The predicted octanol–water partition coefficient (Wildman–Crippen LogP) is 12.8. The molecule has 4 heterocycles. The van der Waals surface area contributed by atoms with Gasteiger partial charge in [0.2, 0.25) is 0 Å². The van der Waals surface area contributed by atoms with Crippen LogP contribution >= 0.6 is 11.3 Å². The summed E-state index contributed by atoms with van der Waals surface area (Å²) in [6.07, 6.45) is 1.89. The van der Waals surface area contributed by atoms with Crippen LogP contribution in [-0.4, -0.2) is 27.6 Å². The molecule has 0 atom stereocenters. The summed E-state index contributed by atoms with van der Waals surface area (Å²) < 4.78 is 34.2. The van der Waals surface area contributed by atoms with Crippen LogP contribution in [0.25, 0.3) is 70.8 Å². The first kappa shape index (κ1) is 34.2. The van der Waals surface area contributed by atoms with Gasteiger partial charge in [0.25, 0.3) is 0 Å². The van der Waals surface area contributed by atoms with Crippen molar-refractivity contribution < 1.29 is 25.6 Å². The molecule has 0 fully saturated rings. The third kappa shape index (κ3) is 7.82. The van der Waals surface area contributed by atoms with Gasteiger partial charge in [-0.05, 0) is 75.2 Å². The smallest absolute Gasteiger partial charge is 0.113 e. The van der Waals surface area contributed by atoms with Crippen LogP contribution in [0.15, 0.2) is 134 Å². The topological polar surface area (TPSA) is 43.6 Å². The van der Waals surface area contributed by atoms with E-state index in [1.807, 2.05) is 51.2 Å². The van der Waals surface area contributed by atoms with E-state index in [9.17, 15) is 0 Å². The SMILES string of the molecule is Cc1ccc2c(n1)sc1c(-c3nc4ccccc4n3-c3cccc(-c4ccccc4)c3)[c-]ccc12.[2H]C([2H])([2H])c1c[c-]c(-c2cc(C([2H])(C)C)c([Si](C)(C)C)cn2)cc1.[Ir]. The number of rotatable bonds is 6. The van der Waals surface area contributed by atoms with E-state index in [1.54, 1.807) is 23.5 Å². The molecule has 0 aliphatic carbocycles. The van der Waals surface area contributed by atoms with E-state index in [0.717, 1.165) is 60.2 Å². The molecule has 1 radical (unpaired) electrons. The Bertz CT molecular complexity index is 2970. The van der Waals surface area contributed by atoms with Crippen LogP contribution < -0.4 is 5.19 Å². The fraction of sp³-hybridized carbons (Fsp3) is 0.163. The van der Waals surface area contributed by atoms with E-state index in [1.165, 1.54) is 33.2 Å². The summed E-state index contributed by atoms with van der Waals surface area (Å²) in [5.41, 5.74) is 10.3. The Labute approximate surface area is 354 Å². The zero-order valence-electron chi connectivity index (χ0n) is 36.2. The summed E-state index contributed by atoms with van der Waals surface area (Å²) in [4.78, 5) is 15.5. The Morgan fingerprint density at radius 3 is 2.34 bits per heavy atom. The standard InChI is InChI=1S/C31H20N3S.C18H24NSi.Ir/c1-20-17-18-25-24-13-8-14-26(29(24)35-31(25)32-20)30-33-27-15-5-6-16-28(27)34(30)23-12-7-11-22(19-23)21-9-3-2-4-10-21;1-13(2)16-11-17(15-9-7-14(3)8-10-15)19-12-18(16)20(4,5)6;/h2-13,15-19H,1H3;7-9,11-13H,1-6H3;/q2*-1;/i;3D3,13D;. The van der Waals surface area contributed by atoms with E-state index in [2.05, 4.69) is 126 Å². The molecule has 56 heavy (non-hydrogen) atoms. The Kier molecular flexibility index (Phi) is 9.90. The zero-order chi connectivity index (χ0) is 41.7. The van der Waals surface area contributed by atoms with Gasteiger partial charge < -0.3 is 9.55 Å². The molecule has 0 aliphatic heterocycles. The molecule has 0 N–H and O–H groups in total. The molecule has 7 heteroatoms. The van der Waals surface area contributed by atoms with Crippen LogP contribution in [0.5, 0.6) is 0 Å². The van der Waals surface area contributed by atoms with Gasteiger partial charge in [0.05, 0.1) is 24.9 Å². The van der Waals surface area contributed by atoms with Gasteiger partial charge in [0.1, 0.15) is 4.83 Å². The van der Waals surface area contributed by atoms with Gasteiger partial charge in [0.15, 0.2) is 0 Å². The van der Waals surface area contributed by atoms with Crippen LogP contribution in [0, 0.1) is 25.9 Å². The van der Waals surface area contributed by atoms with E-state index in [4.69, 9.17) is 15.5 Å². The van der Waals surface area contributed by atoms with Gasteiger partial charge in [-0.25, -0.2) is 4.98 Å². The number of aromatic nitrogens is 4. The Morgan fingerprint density at radius 1 is 0.804 bits per heavy atom. The van der Waals surface area contributed by atoms with Crippen molar-refractivity contribution in [1.82, 2.24) is 19.5 Å². The molecule has 0 spiro atoms. The fourth-order valence-corrected chi connectivity index (χ4v) is 9.78.